The second-order valence-corrected chi connectivity index (χ2v) is 5.49. The molecule has 1 saturated heterocycles. The summed E-state index contributed by atoms with van der Waals surface area (Å²) >= 11 is 1.75. The van der Waals surface area contributed by atoms with Crippen molar-refractivity contribution < 1.29 is 4.74 Å². The van der Waals surface area contributed by atoms with Gasteiger partial charge in [0.05, 0.1) is 0 Å². The minimum atomic E-state index is 0.612. The lowest BCUT2D eigenvalue weighted by Gasteiger charge is -2.33. The van der Waals surface area contributed by atoms with Crippen LogP contribution in [0, 0.1) is 0 Å². The molecule has 1 atom stereocenters. The maximum atomic E-state index is 5.79. The fourth-order valence-electron chi connectivity index (χ4n) is 2.17. The molecule has 0 amide bonds. The van der Waals surface area contributed by atoms with Crippen LogP contribution in [0.5, 0.6) is 5.75 Å². The van der Waals surface area contributed by atoms with Gasteiger partial charge in [0.25, 0.3) is 0 Å². The van der Waals surface area contributed by atoms with E-state index in [0.29, 0.717) is 6.04 Å². The predicted molar refractivity (Wildman–Crippen MR) is 77.6 cm³/mol. The monoisotopic (exact) mass is 266 g/mol. The molecule has 0 aliphatic carbocycles. The molecule has 1 aliphatic heterocycles. The molecule has 0 aromatic heterocycles. The van der Waals surface area contributed by atoms with Crippen molar-refractivity contribution in [2.45, 2.75) is 17.9 Å². The van der Waals surface area contributed by atoms with E-state index in [1.807, 2.05) is 12.1 Å². The Morgan fingerprint density at radius 3 is 2.83 bits per heavy atom. The van der Waals surface area contributed by atoms with Crippen LogP contribution in [0.3, 0.4) is 0 Å². The molecule has 1 heterocycles. The van der Waals surface area contributed by atoms with E-state index in [2.05, 4.69) is 35.5 Å². The highest BCUT2D eigenvalue weighted by Crippen LogP contribution is 2.18. The Bertz CT molecular complexity index is 355. The molecule has 18 heavy (non-hydrogen) atoms. The third kappa shape index (κ3) is 3.90. The number of nitrogens with zero attached hydrogens (tertiary/aromatic N) is 1. The highest BCUT2D eigenvalue weighted by molar-refractivity contribution is 7.98. The van der Waals surface area contributed by atoms with Crippen LogP contribution in [0.15, 0.2) is 29.2 Å². The molecule has 0 radical (unpaired) electrons. The minimum absolute atomic E-state index is 0.612. The van der Waals surface area contributed by atoms with Crippen molar-refractivity contribution in [3.8, 4) is 5.75 Å². The summed E-state index contributed by atoms with van der Waals surface area (Å²) < 4.78 is 5.79. The zero-order chi connectivity index (χ0) is 12.8. The first-order valence-electron chi connectivity index (χ1n) is 6.51. The summed E-state index contributed by atoms with van der Waals surface area (Å²) in [6, 6.07) is 8.92. The number of hydrogen-bond acceptors (Lipinski definition) is 4. The summed E-state index contributed by atoms with van der Waals surface area (Å²) in [5.74, 6) is 0.968. The number of nitrogens with one attached hydrogen (secondary N) is 1. The number of hydrogen-bond donors (Lipinski definition) is 1. The maximum absolute atomic E-state index is 5.79. The fraction of sp³-hybridized carbons (Fsp3) is 0.571. The van der Waals surface area contributed by atoms with E-state index in [4.69, 9.17) is 4.74 Å². The number of rotatable bonds is 5. The van der Waals surface area contributed by atoms with Crippen LogP contribution in [0.2, 0.25) is 0 Å². The molecule has 100 valence electrons. The van der Waals surface area contributed by atoms with Gasteiger partial charge < -0.3 is 10.1 Å². The van der Waals surface area contributed by atoms with E-state index in [0.717, 1.165) is 38.5 Å². The van der Waals surface area contributed by atoms with Crippen LogP contribution in [0.25, 0.3) is 0 Å². The van der Waals surface area contributed by atoms with Crippen molar-refractivity contribution in [1.82, 2.24) is 10.2 Å². The van der Waals surface area contributed by atoms with Crippen molar-refractivity contribution in [2.24, 2.45) is 0 Å². The highest BCUT2D eigenvalue weighted by atomic mass is 32.2. The molecule has 2 rings (SSSR count). The quantitative estimate of drug-likeness (QED) is 0.825. The lowest BCUT2D eigenvalue weighted by molar-refractivity contribution is 0.143. The summed E-state index contributed by atoms with van der Waals surface area (Å²) in [7, 11) is 0. The van der Waals surface area contributed by atoms with Gasteiger partial charge in [0, 0.05) is 37.1 Å². The molecule has 4 heteroatoms. The topological polar surface area (TPSA) is 24.5 Å². The third-order valence-electron chi connectivity index (χ3n) is 3.35. The van der Waals surface area contributed by atoms with Gasteiger partial charge in [-0.1, -0.05) is 0 Å². The molecule has 1 aromatic carbocycles. The largest absolute Gasteiger partial charge is 0.492 e. The van der Waals surface area contributed by atoms with Gasteiger partial charge in [0.1, 0.15) is 12.4 Å². The van der Waals surface area contributed by atoms with Gasteiger partial charge >= 0.3 is 0 Å². The van der Waals surface area contributed by atoms with Crippen LogP contribution in [0.4, 0.5) is 0 Å². The van der Waals surface area contributed by atoms with Gasteiger partial charge in [-0.2, -0.15) is 0 Å². The first kappa shape index (κ1) is 13.7. The molecular weight excluding hydrogens is 244 g/mol. The first-order chi connectivity index (χ1) is 8.79. The zero-order valence-electron chi connectivity index (χ0n) is 11.2. The van der Waals surface area contributed by atoms with Crippen molar-refractivity contribution in [3.63, 3.8) is 0 Å². The summed E-state index contributed by atoms with van der Waals surface area (Å²) in [4.78, 5) is 3.75. The fourth-order valence-corrected chi connectivity index (χ4v) is 2.58. The number of ether oxygens (including phenoxy) is 1. The van der Waals surface area contributed by atoms with Gasteiger partial charge in [-0.25, -0.2) is 0 Å². The molecule has 1 N–H and O–H groups in total. The molecule has 0 unspecified atom stereocenters. The van der Waals surface area contributed by atoms with E-state index < -0.39 is 0 Å². The second kappa shape index (κ2) is 7.02. The molecule has 1 fully saturated rings. The van der Waals surface area contributed by atoms with Crippen molar-refractivity contribution in [2.75, 3.05) is 39.0 Å². The average molecular weight is 266 g/mol. The van der Waals surface area contributed by atoms with E-state index in [1.165, 1.54) is 4.90 Å². The van der Waals surface area contributed by atoms with Crippen molar-refractivity contribution in [1.29, 1.82) is 0 Å². The van der Waals surface area contributed by atoms with Crippen LogP contribution >= 0.6 is 11.8 Å². The van der Waals surface area contributed by atoms with E-state index in [1.54, 1.807) is 11.8 Å². The average Bonchev–Trinajstić information content (AvgIpc) is 2.42. The SMILES string of the molecule is CSc1ccc(OCCN2CCNC[C@@H]2C)cc1. The maximum Gasteiger partial charge on any atom is 0.119 e. The standard InChI is InChI=1S/C14H22N2OS/c1-12-11-15-7-8-16(12)9-10-17-13-3-5-14(18-2)6-4-13/h3-6,12,15H,7-11H2,1-2H3/t12-/m0/s1. The molecule has 3 nitrogen and oxygen atoms in total. The Morgan fingerprint density at radius 1 is 1.39 bits per heavy atom. The normalized spacial score (nSPS) is 20.9. The Morgan fingerprint density at radius 2 is 2.17 bits per heavy atom. The van der Waals surface area contributed by atoms with Gasteiger partial charge in [-0.3, -0.25) is 4.90 Å². The Labute approximate surface area is 114 Å². The van der Waals surface area contributed by atoms with Crippen LogP contribution in [0.1, 0.15) is 6.92 Å². The van der Waals surface area contributed by atoms with Gasteiger partial charge in [0.15, 0.2) is 0 Å². The minimum Gasteiger partial charge on any atom is -0.492 e. The third-order valence-corrected chi connectivity index (χ3v) is 4.09. The summed E-state index contributed by atoms with van der Waals surface area (Å²) in [5, 5.41) is 3.40. The molecule has 0 spiro atoms. The number of thioether (sulfide) groups is 1. The first-order valence-corrected chi connectivity index (χ1v) is 7.73. The lowest BCUT2D eigenvalue weighted by atomic mass is 10.2. The summed E-state index contributed by atoms with van der Waals surface area (Å²) in [6.07, 6.45) is 2.08. The Balaban J connectivity index is 1.73. The van der Waals surface area contributed by atoms with Crippen molar-refractivity contribution >= 4 is 11.8 Å². The second-order valence-electron chi connectivity index (χ2n) is 4.61. The number of benzene rings is 1. The van der Waals surface area contributed by atoms with Gasteiger partial charge in [-0.15, -0.1) is 11.8 Å². The van der Waals surface area contributed by atoms with Crippen LogP contribution in [-0.2, 0) is 0 Å². The van der Waals surface area contributed by atoms with E-state index >= 15 is 0 Å². The number of piperazine rings is 1. The van der Waals surface area contributed by atoms with E-state index in [-0.39, 0.29) is 0 Å². The van der Waals surface area contributed by atoms with E-state index in [9.17, 15) is 0 Å². The molecule has 0 bridgehead atoms. The molecule has 1 aliphatic rings. The molecule has 1 aromatic rings. The smallest absolute Gasteiger partial charge is 0.119 e. The van der Waals surface area contributed by atoms with Gasteiger partial charge in [-0.05, 0) is 37.4 Å². The lowest BCUT2D eigenvalue weighted by Crippen LogP contribution is -2.50. The Hall–Kier alpha value is -0.710. The van der Waals surface area contributed by atoms with Crippen LogP contribution in [-0.4, -0.2) is 50.0 Å². The zero-order valence-corrected chi connectivity index (χ0v) is 12.0. The van der Waals surface area contributed by atoms with Crippen LogP contribution < -0.4 is 10.1 Å². The van der Waals surface area contributed by atoms with Crippen molar-refractivity contribution in [3.05, 3.63) is 24.3 Å². The summed E-state index contributed by atoms with van der Waals surface area (Å²) in [5.41, 5.74) is 0. The predicted octanol–water partition coefficient (Wildman–Crippen LogP) is 2.08. The van der Waals surface area contributed by atoms with Gasteiger partial charge in [0.2, 0.25) is 0 Å². The highest BCUT2D eigenvalue weighted by Gasteiger charge is 2.16. The molecular formula is C14H22N2OS. The summed E-state index contributed by atoms with van der Waals surface area (Å²) in [6.45, 7) is 7.33. The Kier molecular flexibility index (Phi) is 5.35. The molecule has 0 saturated carbocycles.